The summed E-state index contributed by atoms with van der Waals surface area (Å²) in [5.41, 5.74) is 0. The lowest BCUT2D eigenvalue weighted by Crippen LogP contribution is -2.29. The zero-order valence-electron chi connectivity index (χ0n) is 15.3. The molecule has 144 valence electrons. The molecule has 0 aliphatic heterocycles. The molecule has 2 saturated carbocycles. The van der Waals surface area contributed by atoms with Crippen LogP contribution in [-0.4, -0.2) is 12.6 Å². The van der Waals surface area contributed by atoms with E-state index in [1.54, 1.807) is 0 Å². The van der Waals surface area contributed by atoms with Gasteiger partial charge in [-0.15, -0.1) is 0 Å². The van der Waals surface area contributed by atoms with Crippen molar-refractivity contribution in [3.63, 3.8) is 0 Å². The van der Waals surface area contributed by atoms with E-state index in [1.165, 1.54) is 49.9 Å². The Hall–Kier alpha value is -1.65. The van der Waals surface area contributed by atoms with Crippen molar-refractivity contribution in [2.45, 2.75) is 64.9 Å². The molecule has 0 radical (unpaired) electrons. The number of hydrogen-bond donors (Lipinski definition) is 0. The van der Waals surface area contributed by atoms with Crippen molar-refractivity contribution in [2.24, 2.45) is 23.7 Å². The summed E-state index contributed by atoms with van der Waals surface area (Å²) in [6, 6.07) is 5.75. The third-order valence-corrected chi connectivity index (χ3v) is 6.10. The van der Waals surface area contributed by atoms with Crippen LogP contribution in [0.3, 0.4) is 0 Å². The number of ether oxygens (including phenoxy) is 2. The van der Waals surface area contributed by atoms with Crippen LogP contribution >= 0.6 is 0 Å². The molecular weight excluding hydrogens is 338 g/mol. The van der Waals surface area contributed by atoms with E-state index in [9.17, 15) is 13.6 Å². The van der Waals surface area contributed by atoms with Gasteiger partial charge >= 0.3 is 12.6 Å². The van der Waals surface area contributed by atoms with Gasteiger partial charge in [0.15, 0.2) is 0 Å². The number of benzene rings is 1. The van der Waals surface area contributed by atoms with E-state index in [-0.39, 0.29) is 17.6 Å². The molecule has 0 aromatic heterocycles. The van der Waals surface area contributed by atoms with Gasteiger partial charge in [-0.3, -0.25) is 4.79 Å². The minimum atomic E-state index is -2.86. The number of rotatable bonds is 5. The van der Waals surface area contributed by atoms with Gasteiger partial charge in [-0.1, -0.05) is 19.8 Å². The molecule has 3 rings (SSSR count). The van der Waals surface area contributed by atoms with Gasteiger partial charge in [-0.05, 0) is 80.5 Å². The maximum atomic E-state index is 12.4. The Morgan fingerprint density at radius 1 is 0.885 bits per heavy atom. The van der Waals surface area contributed by atoms with Gasteiger partial charge in [0.05, 0.1) is 5.92 Å². The highest BCUT2D eigenvalue weighted by Gasteiger charge is 2.33. The second-order valence-electron chi connectivity index (χ2n) is 7.90. The van der Waals surface area contributed by atoms with Crippen LogP contribution in [0.4, 0.5) is 8.78 Å². The average molecular weight is 366 g/mol. The smallest absolute Gasteiger partial charge is 0.387 e. The lowest BCUT2D eigenvalue weighted by molar-refractivity contribution is -0.140. The summed E-state index contributed by atoms with van der Waals surface area (Å²) in [4.78, 5) is 12.4. The molecule has 26 heavy (non-hydrogen) atoms. The number of carbonyl (C=O) groups is 1. The second-order valence-corrected chi connectivity index (χ2v) is 7.90. The van der Waals surface area contributed by atoms with Crippen LogP contribution in [0, 0.1) is 23.7 Å². The predicted octanol–water partition coefficient (Wildman–Crippen LogP) is 5.83. The highest BCUT2D eigenvalue weighted by molar-refractivity contribution is 5.75. The maximum absolute atomic E-state index is 12.4. The number of alkyl halides is 2. The Labute approximate surface area is 154 Å². The van der Waals surface area contributed by atoms with Gasteiger partial charge in [-0.2, -0.15) is 8.78 Å². The van der Waals surface area contributed by atoms with Crippen LogP contribution in [0.15, 0.2) is 24.3 Å². The van der Waals surface area contributed by atoms with Gasteiger partial charge in [0.1, 0.15) is 11.5 Å². The molecule has 1 aromatic carbocycles. The molecular formula is C21H28F2O3. The van der Waals surface area contributed by atoms with Crippen LogP contribution < -0.4 is 9.47 Å². The Bertz CT molecular complexity index is 571. The SMILES string of the molecule is C[C@H]1CC[C@H]([C@H]2CC[C@H](C(=O)Oc3ccc(OC(F)F)cc3)CC2)CC1. The van der Waals surface area contributed by atoms with Crippen molar-refractivity contribution in [3.05, 3.63) is 24.3 Å². The lowest BCUT2D eigenvalue weighted by Gasteiger charge is -2.36. The van der Waals surface area contributed by atoms with Crippen LogP contribution in [0.1, 0.15) is 58.3 Å². The molecule has 0 atom stereocenters. The van der Waals surface area contributed by atoms with E-state index in [0.29, 0.717) is 5.75 Å². The number of esters is 1. The first kappa shape index (κ1) is 19.1. The molecule has 0 N–H and O–H groups in total. The Balaban J connectivity index is 1.45. The molecule has 1 aromatic rings. The zero-order valence-corrected chi connectivity index (χ0v) is 15.3. The molecule has 3 nitrogen and oxygen atoms in total. The topological polar surface area (TPSA) is 35.5 Å². The van der Waals surface area contributed by atoms with E-state index in [2.05, 4.69) is 11.7 Å². The predicted molar refractivity (Wildman–Crippen MR) is 95.3 cm³/mol. The number of halogens is 2. The minimum absolute atomic E-state index is 0.0502. The fourth-order valence-corrected chi connectivity index (χ4v) is 4.47. The van der Waals surface area contributed by atoms with Crippen molar-refractivity contribution in [1.82, 2.24) is 0 Å². The van der Waals surface area contributed by atoms with E-state index in [0.717, 1.165) is 43.4 Å². The third-order valence-electron chi connectivity index (χ3n) is 6.10. The first-order valence-electron chi connectivity index (χ1n) is 9.78. The van der Waals surface area contributed by atoms with Crippen molar-refractivity contribution in [2.75, 3.05) is 0 Å². The maximum Gasteiger partial charge on any atom is 0.387 e. The minimum Gasteiger partial charge on any atom is -0.435 e. The largest absolute Gasteiger partial charge is 0.435 e. The molecule has 5 heteroatoms. The van der Waals surface area contributed by atoms with Crippen molar-refractivity contribution in [3.8, 4) is 11.5 Å². The van der Waals surface area contributed by atoms with Crippen LogP contribution in [0.5, 0.6) is 11.5 Å². The molecule has 2 aliphatic carbocycles. The fourth-order valence-electron chi connectivity index (χ4n) is 4.47. The van der Waals surface area contributed by atoms with Gasteiger partial charge in [-0.25, -0.2) is 0 Å². The van der Waals surface area contributed by atoms with Gasteiger partial charge in [0.25, 0.3) is 0 Å². The quantitative estimate of drug-likeness (QED) is 0.486. The molecule has 0 heterocycles. The fraction of sp³-hybridized carbons (Fsp3) is 0.667. The second kappa shape index (κ2) is 8.83. The summed E-state index contributed by atoms with van der Waals surface area (Å²) in [7, 11) is 0. The van der Waals surface area contributed by atoms with Crippen molar-refractivity contribution in [1.29, 1.82) is 0 Å². The molecule has 0 amide bonds. The average Bonchev–Trinajstić information content (AvgIpc) is 2.64. The van der Waals surface area contributed by atoms with Crippen molar-refractivity contribution >= 4 is 5.97 Å². The first-order valence-corrected chi connectivity index (χ1v) is 9.78. The van der Waals surface area contributed by atoms with Crippen molar-refractivity contribution < 1.29 is 23.0 Å². The van der Waals surface area contributed by atoms with Crippen LogP contribution in [0.25, 0.3) is 0 Å². The highest BCUT2D eigenvalue weighted by Crippen LogP contribution is 2.41. The molecule has 0 bridgehead atoms. The lowest BCUT2D eigenvalue weighted by atomic mass is 9.69. The summed E-state index contributed by atoms with van der Waals surface area (Å²) >= 11 is 0. The molecule has 2 fully saturated rings. The standard InChI is InChI=1S/C21H28F2O3/c1-14-2-4-15(5-3-14)16-6-8-17(9-7-16)20(24)25-18-10-12-19(13-11-18)26-21(22)23/h10-17,21H,2-9H2,1H3/t14-,15-,16-,17-. The third kappa shape index (κ3) is 5.18. The number of carbonyl (C=O) groups excluding carboxylic acids is 1. The molecule has 0 saturated heterocycles. The van der Waals surface area contributed by atoms with Crippen LogP contribution in [0.2, 0.25) is 0 Å². The van der Waals surface area contributed by atoms with E-state index >= 15 is 0 Å². The normalized spacial score (nSPS) is 29.4. The first-order chi connectivity index (χ1) is 12.5. The van der Waals surface area contributed by atoms with E-state index in [1.807, 2.05) is 0 Å². The monoisotopic (exact) mass is 366 g/mol. The van der Waals surface area contributed by atoms with Gasteiger partial charge in [0.2, 0.25) is 0 Å². The van der Waals surface area contributed by atoms with Crippen LogP contribution in [-0.2, 0) is 4.79 Å². The summed E-state index contributed by atoms with van der Waals surface area (Å²) in [6.45, 7) is -0.513. The summed E-state index contributed by atoms with van der Waals surface area (Å²) in [5, 5.41) is 0. The number of hydrogen-bond acceptors (Lipinski definition) is 3. The van der Waals surface area contributed by atoms with E-state index < -0.39 is 6.61 Å². The Morgan fingerprint density at radius 3 is 1.92 bits per heavy atom. The molecule has 0 spiro atoms. The Kier molecular flexibility index (Phi) is 6.49. The Morgan fingerprint density at radius 2 is 1.38 bits per heavy atom. The molecule has 2 aliphatic rings. The highest BCUT2D eigenvalue weighted by atomic mass is 19.3. The summed E-state index contributed by atoms with van der Waals surface area (Å²) < 4.78 is 34.0. The van der Waals surface area contributed by atoms with Gasteiger partial charge in [0, 0.05) is 0 Å². The summed E-state index contributed by atoms with van der Waals surface area (Å²) in [6.07, 6.45) is 9.38. The molecule has 0 unspecified atom stereocenters. The summed E-state index contributed by atoms with van der Waals surface area (Å²) in [5.74, 6) is 2.65. The zero-order chi connectivity index (χ0) is 18.5. The van der Waals surface area contributed by atoms with Gasteiger partial charge < -0.3 is 9.47 Å². The van der Waals surface area contributed by atoms with E-state index in [4.69, 9.17) is 4.74 Å².